The molecule has 3 aromatic carbocycles. The summed E-state index contributed by atoms with van der Waals surface area (Å²) in [6, 6.07) is 22.9. The molecule has 3 rings (SSSR count). The molecule has 0 aliphatic heterocycles. The molecular weight excluding hydrogens is 384 g/mol. The summed E-state index contributed by atoms with van der Waals surface area (Å²) in [5.41, 5.74) is 3.77. The summed E-state index contributed by atoms with van der Waals surface area (Å²) in [5.74, 6) is 0.544. The van der Waals surface area contributed by atoms with E-state index in [-0.39, 0.29) is 11.9 Å². The van der Waals surface area contributed by atoms with Crippen LogP contribution in [0.15, 0.2) is 72.8 Å². The number of hydrogen-bond donors (Lipinski definition) is 2. The van der Waals surface area contributed by atoms with Crippen molar-refractivity contribution in [2.24, 2.45) is 0 Å². The highest BCUT2D eigenvalue weighted by molar-refractivity contribution is 6.30. The first kappa shape index (κ1) is 20.9. The summed E-state index contributed by atoms with van der Waals surface area (Å²) >= 11 is 6.01. The number of ether oxygens (including phenoxy) is 1. The van der Waals surface area contributed by atoms with Crippen molar-refractivity contribution in [3.8, 4) is 5.75 Å². The Hall–Kier alpha value is -2.82. The molecule has 0 unspecified atom stereocenters. The standard InChI is InChI=1S/C24H25ClN2O2/c1-16-9-14-22(29-3)21(15-16)27-24(28)23(19-7-5-4-6-8-19)26-17(2)18-10-12-20(25)13-11-18/h4-15,17,23,26H,1-3H3,(H,27,28)/p+1/t17-,23-/m0/s1. The quantitative estimate of drug-likeness (QED) is 0.596. The second kappa shape index (κ2) is 9.59. The van der Waals surface area contributed by atoms with E-state index in [9.17, 15) is 4.79 Å². The van der Waals surface area contributed by atoms with Gasteiger partial charge >= 0.3 is 0 Å². The monoisotopic (exact) mass is 409 g/mol. The lowest BCUT2D eigenvalue weighted by atomic mass is 10.0. The molecule has 3 aromatic rings. The number of carbonyl (C=O) groups is 1. The van der Waals surface area contributed by atoms with Crippen molar-refractivity contribution in [1.82, 2.24) is 0 Å². The Morgan fingerprint density at radius 2 is 1.69 bits per heavy atom. The fourth-order valence-electron chi connectivity index (χ4n) is 3.31. The van der Waals surface area contributed by atoms with Gasteiger partial charge in [0.05, 0.1) is 12.8 Å². The Kier molecular flexibility index (Phi) is 6.91. The molecule has 29 heavy (non-hydrogen) atoms. The molecule has 3 N–H and O–H groups in total. The zero-order valence-corrected chi connectivity index (χ0v) is 17.6. The SMILES string of the molecule is COc1ccc(C)cc1NC(=O)[C@@H]([NH2+][C@@H](C)c1ccc(Cl)cc1)c1ccccc1. The average molecular weight is 410 g/mol. The third kappa shape index (κ3) is 5.37. The summed E-state index contributed by atoms with van der Waals surface area (Å²) < 4.78 is 5.41. The molecule has 0 aliphatic rings. The van der Waals surface area contributed by atoms with Crippen LogP contribution in [0.25, 0.3) is 0 Å². The third-order valence-corrected chi connectivity index (χ3v) is 5.18. The number of amides is 1. The van der Waals surface area contributed by atoms with Gasteiger partial charge in [0.25, 0.3) is 5.91 Å². The maximum Gasteiger partial charge on any atom is 0.287 e. The molecule has 1 amide bonds. The molecule has 0 bridgehead atoms. The van der Waals surface area contributed by atoms with Crippen molar-refractivity contribution in [1.29, 1.82) is 0 Å². The fraction of sp³-hybridized carbons (Fsp3) is 0.208. The second-order valence-electron chi connectivity index (χ2n) is 7.11. The molecule has 0 saturated carbocycles. The van der Waals surface area contributed by atoms with Crippen molar-refractivity contribution >= 4 is 23.2 Å². The number of anilines is 1. The van der Waals surface area contributed by atoms with E-state index in [1.165, 1.54) is 0 Å². The van der Waals surface area contributed by atoms with Gasteiger partial charge in [-0.3, -0.25) is 4.79 Å². The number of halogens is 1. The number of carbonyl (C=O) groups excluding carboxylic acids is 1. The van der Waals surface area contributed by atoms with E-state index in [4.69, 9.17) is 16.3 Å². The highest BCUT2D eigenvalue weighted by atomic mass is 35.5. The van der Waals surface area contributed by atoms with E-state index >= 15 is 0 Å². The molecule has 0 radical (unpaired) electrons. The van der Waals surface area contributed by atoms with Crippen LogP contribution in [-0.4, -0.2) is 13.0 Å². The molecule has 5 heteroatoms. The van der Waals surface area contributed by atoms with Crippen molar-refractivity contribution in [2.75, 3.05) is 12.4 Å². The van der Waals surface area contributed by atoms with E-state index < -0.39 is 6.04 Å². The number of rotatable bonds is 7. The minimum Gasteiger partial charge on any atom is -0.495 e. The van der Waals surface area contributed by atoms with Crippen molar-refractivity contribution in [3.63, 3.8) is 0 Å². The molecule has 0 spiro atoms. The summed E-state index contributed by atoms with van der Waals surface area (Å²) in [5, 5.41) is 5.82. The molecule has 0 saturated heterocycles. The first-order chi connectivity index (χ1) is 14.0. The molecule has 150 valence electrons. The number of benzene rings is 3. The maximum absolute atomic E-state index is 13.3. The predicted molar refractivity (Wildman–Crippen MR) is 117 cm³/mol. The Labute approximate surface area is 176 Å². The zero-order valence-electron chi connectivity index (χ0n) is 16.9. The molecule has 0 heterocycles. The first-order valence-corrected chi connectivity index (χ1v) is 9.96. The van der Waals surface area contributed by atoms with Crippen LogP contribution in [0.1, 0.15) is 35.7 Å². The van der Waals surface area contributed by atoms with Crippen LogP contribution < -0.4 is 15.4 Å². The van der Waals surface area contributed by atoms with E-state index in [1.54, 1.807) is 7.11 Å². The smallest absolute Gasteiger partial charge is 0.287 e. The van der Waals surface area contributed by atoms with Crippen LogP contribution in [0, 0.1) is 6.92 Å². The highest BCUT2D eigenvalue weighted by Gasteiger charge is 2.27. The van der Waals surface area contributed by atoms with Gasteiger partial charge in [0.15, 0.2) is 6.04 Å². The minimum absolute atomic E-state index is 0.0719. The summed E-state index contributed by atoms with van der Waals surface area (Å²) in [4.78, 5) is 13.3. The van der Waals surface area contributed by atoms with E-state index in [2.05, 4.69) is 17.6 Å². The van der Waals surface area contributed by atoms with Crippen molar-refractivity contribution < 1.29 is 14.8 Å². The van der Waals surface area contributed by atoms with Gasteiger partial charge in [0.1, 0.15) is 11.8 Å². The van der Waals surface area contributed by atoms with Crippen LogP contribution in [0.3, 0.4) is 0 Å². The maximum atomic E-state index is 13.3. The van der Waals surface area contributed by atoms with Gasteiger partial charge in [-0.25, -0.2) is 0 Å². The molecule has 0 aromatic heterocycles. The van der Waals surface area contributed by atoms with Crippen molar-refractivity contribution in [3.05, 3.63) is 94.5 Å². The third-order valence-electron chi connectivity index (χ3n) is 4.93. The Bertz CT molecular complexity index is 958. The largest absolute Gasteiger partial charge is 0.495 e. The van der Waals surface area contributed by atoms with Crippen LogP contribution in [0.5, 0.6) is 5.75 Å². The number of aryl methyl sites for hydroxylation is 1. The van der Waals surface area contributed by atoms with Gasteiger partial charge in [-0.2, -0.15) is 0 Å². The van der Waals surface area contributed by atoms with Crippen LogP contribution in [-0.2, 0) is 4.79 Å². The minimum atomic E-state index is -0.410. The zero-order chi connectivity index (χ0) is 20.8. The molecule has 4 nitrogen and oxygen atoms in total. The van der Waals surface area contributed by atoms with Crippen LogP contribution in [0.4, 0.5) is 5.69 Å². The number of nitrogens with one attached hydrogen (secondary N) is 1. The summed E-state index contributed by atoms with van der Waals surface area (Å²) in [7, 11) is 1.60. The number of hydrogen-bond acceptors (Lipinski definition) is 2. The van der Waals surface area contributed by atoms with E-state index in [0.29, 0.717) is 16.5 Å². The Morgan fingerprint density at radius 3 is 2.34 bits per heavy atom. The normalized spacial score (nSPS) is 12.8. The van der Waals surface area contributed by atoms with Gasteiger partial charge in [-0.15, -0.1) is 0 Å². The fourth-order valence-corrected chi connectivity index (χ4v) is 3.43. The van der Waals surface area contributed by atoms with Crippen LogP contribution in [0.2, 0.25) is 5.02 Å². The molecular formula is C24H26ClN2O2+. The molecule has 0 fully saturated rings. The van der Waals surface area contributed by atoms with E-state index in [1.807, 2.05) is 79.7 Å². The molecule has 0 aliphatic carbocycles. The predicted octanol–water partition coefficient (Wildman–Crippen LogP) is 4.66. The Balaban J connectivity index is 1.86. The van der Waals surface area contributed by atoms with Crippen LogP contribution >= 0.6 is 11.6 Å². The lowest BCUT2D eigenvalue weighted by Gasteiger charge is -2.21. The van der Waals surface area contributed by atoms with E-state index in [0.717, 1.165) is 16.7 Å². The first-order valence-electron chi connectivity index (χ1n) is 9.59. The lowest BCUT2D eigenvalue weighted by Crippen LogP contribution is -2.87. The van der Waals surface area contributed by atoms with Gasteiger partial charge in [-0.05, 0) is 43.7 Å². The Morgan fingerprint density at radius 1 is 1.00 bits per heavy atom. The van der Waals surface area contributed by atoms with Gasteiger partial charge in [0, 0.05) is 16.1 Å². The summed E-state index contributed by atoms with van der Waals surface area (Å²) in [6.07, 6.45) is 0. The topological polar surface area (TPSA) is 54.9 Å². The number of quaternary nitrogens is 1. The van der Waals surface area contributed by atoms with Gasteiger partial charge < -0.3 is 15.4 Å². The second-order valence-corrected chi connectivity index (χ2v) is 7.55. The van der Waals surface area contributed by atoms with Gasteiger partial charge in [0.2, 0.25) is 0 Å². The average Bonchev–Trinajstić information content (AvgIpc) is 2.73. The number of methoxy groups -OCH3 is 1. The number of nitrogens with two attached hydrogens (primary N) is 1. The van der Waals surface area contributed by atoms with Crippen molar-refractivity contribution in [2.45, 2.75) is 25.9 Å². The summed E-state index contributed by atoms with van der Waals surface area (Å²) in [6.45, 7) is 4.07. The highest BCUT2D eigenvalue weighted by Crippen LogP contribution is 2.26. The molecule has 2 atom stereocenters. The lowest BCUT2D eigenvalue weighted by molar-refractivity contribution is -0.718. The van der Waals surface area contributed by atoms with Gasteiger partial charge in [-0.1, -0.05) is 60.1 Å².